The Balaban J connectivity index is 1.84. The summed E-state index contributed by atoms with van der Waals surface area (Å²) in [5.74, 6) is 1.06. The number of nitrogens with one attached hydrogen (secondary N) is 1. The number of carbonyl (C=O) groups is 1. The zero-order valence-corrected chi connectivity index (χ0v) is 19.4. The molecule has 2 aliphatic rings. The van der Waals surface area contributed by atoms with Gasteiger partial charge in [0.1, 0.15) is 0 Å². The molecule has 2 heterocycles. The predicted molar refractivity (Wildman–Crippen MR) is 118 cm³/mol. The Labute approximate surface area is 176 Å². The third-order valence-corrected chi connectivity index (χ3v) is 8.22. The Kier molecular flexibility index (Phi) is 8.75. The lowest BCUT2D eigenvalue weighted by molar-refractivity contribution is -0.133. The highest BCUT2D eigenvalue weighted by Crippen LogP contribution is 2.15. The van der Waals surface area contributed by atoms with Gasteiger partial charge in [-0.3, -0.25) is 14.7 Å². The van der Waals surface area contributed by atoms with Crippen molar-refractivity contribution in [3.05, 3.63) is 0 Å². The summed E-state index contributed by atoms with van der Waals surface area (Å²) in [4.78, 5) is 23.4. The lowest BCUT2D eigenvalue weighted by Gasteiger charge is -2.37. The van der Waals surface area contributed by atoms with Gasteiger partial charge < -0.3 is 15.1 Å². The standard InChI is InChI=1S/C20H39N5O3S/c1-5-21-19(22-9-16-29(27,28)20(2,3)4)25-14-12-23(13-15-25)17-18(26)24-10-7-6-8-11-24/h5-17H2,1-4H3,(H,21,22). The van der Waals surface area contributed by atoms with Crippen molar-refractivity contribution in [3.8, 4) is 0 Å². The first-order valence-electron chi connectivity index (χ1n) is 10.9. The Bertz CT molecular complexity index is 658. The summed E-state index contributed by atoms with van der Waals surface area (Å²) in [5, 5.41) is 3.27. The number of hydrogen-bond donors (Lipinski definition) is 1. The first kappa shape index (κ1) is 23.9. The summed E-state index contributed by atoms with van der Waals surface area (Å²) >= 11 is 0. The van der Waals surface area contributed by atoms with Crippen molar-refractivity contribution in [2.45, 2.75) is 51.7 Å². The molecular weight excluding hydrogens is 390 g/mol. The van der Waals surface area contributed by atoms with Crippen molar-refractivity contribution in [2.24, 2.45) is 4.99 Å². The van der Waals surface area contributed by atoms with Crippen LogP contribution in [0.15, 0.2) is 4.99 Å². The quantitative estimate of drug-likeness (QED) is 0.496. The summed E-state index contributed by atoms with van der Waals surface area (Å²) < 4.78 is 23.8. The van der Waals surface area contributed by atoms with Gasteiger partial charge in [-0.15, -0.1) is 0 Å². The van der Waals surface area contributed by atoms with Gasteiger partial charge in [0.15, 0.2) is 15.8 Å². The van der Waals surface area contributed by atoms with Crippen molar-refractivity contribution in [1.82, 2.24) is 20.0 Å². The maximum Gasteiger partial charge on any atom is 0.236 e. The summed E-state index contributed by atoms with van der Waals surface area (Å²) in [6, 6.07) is 0. The summed E-state index contributed by atoms with van der Waals surface area (Å²) in [6.45, 7) is 13.6. The molecule has 2 saturated heterocycles. The van der Waals surface area contributed by atoms with Gasteiger partial charge in [0.2, 0.25) is 5.91 Å². The number of guanidine groups is 1. The molecule has 0 spiro atoms. The molecule has 0 bridgehead atoms. The van der Waals surface area contributed by atoms with Gasteiger partial charge in [-0.1, -0.05) is 0 Å². The van der Waals surface area contributed by atoms with Crippen LogP contribution in [0.4, 0.5) is 0 Å². The van der Waals surface area contributed by atoms with Crippen LogP contribution in [-0.2, 0) is 14.6 Å². The lowest BCUT2D eigenvalue weighted by atomic mass is 10.1. The Hall–Kier alpha value is -1.35. The molecule has 0 radical (unpaired) electrons. The topological polar surface area (TPSA) is 85.3 Å². The van der Waals surface area contributed by atoms with Gasteiger partial charge in [0.05, 0.1) is 23.6 Å². The maximum absolute atomic E-state index is 12.5. The fourth-order valence-electron chi connectivity index (χ4n) is 3.56. The first-order chi connectivity index (χ1) is 13.6. The number of piperazine rings is 1. The number of sulfone groups is 1. The van der Waals surface area contributed by atoms with Crippen LogP contribution >= 0.6 is 0 Å². The van der Waals surface area contributed by atoms with E-state index in [1.165, 1.54) is 6.42 Å². The zero-order valence-electron chi connectivity index (χ0n) is 18.6. The number of nitrogens with zero attached hydrogens (tertiary/aromatic N) is 4. The van der Waals surface area contributed by atoms with Gasteiger partial charge in [-0.2, -0.15) is 0 Å². The Morgan fingerprint density at radius 1 is 0.966 bits per heavy atom. The molecule has 0 aromatic carbocycles. The van der Waals surface area contributed by atoms with E-state index < -0.39 is 14.6 Å². The molecular formula is C20H39N5O3S. The molecule has 2 aliphatic heterocycles. The van der Waals surface area contributed by atoms with Crippen LogP contribution in [0.2, 0.25) is 0 Å². The SMILES string of the molecule is CCNC(=NCCS(=O)(=O)C(C)(C)C)N1CCN(CC(=O)N2CCCCC2)CC1. The molecule has 1 N–H and O–H groups in total. The second-order valence-electron chi connectivity index (χ2n) is 8.87. The van der Waals surface area contributed by atoms with Crippen LogP contribution < -0.4 is 5.32 Å². The number of rotatable bonds is 6. The third-order valence-electron chi connectivity index (χ3n) is 5.63. The van der Waals surface area contributed by atoms with Gasteiger partial charge >= 0.3 is 0 Å². The lowest BCUT2D eigenvalue weighted by Crippen LogP contribution is -2.54. The molecule has 29 heavy (non-hydrogen) atoms. The molecule has 8 nitrogen and oxygen atoms in total. The minimum Gasteiger partial charge on any atom is -0.357 e. The summed E-state index contributed by atoms with van der Waals surface area (Å²) in [6.07, 6.45) is 3.46. The van der Waals surface area contributed by atoms with Gasteiger partial charge in [-0.25, -0.2) is 8.42 Å². The van der Waals surface area contributed by atoms with Crippen LogP contribution in [0.3, 0.4) is 0 Å². The highest BCUT2D eigenvalue weighted by Gasteiger charge is 2.28. The molecule has 0 saturated carbocycles. The van der Waals surface area contributed by atoms with Crippen LogP contribution in [-0.4, -0.2) is 104 Å². The highest BCUT2D eigenvalue weighted by atomic mass is 32.2. The summed E-state index contributed by atoms with van der Waals surface area (Å²) in [7, 11) is -3.18. The normalized spacial score (nSPS) is 20.1. The van der Waals surface area contributed by atoms with E-state index in [0.29, 0.717) is 6.54 Å². The van der Waals surface area contributed by atoms with E-state index in [4.69, 9.17) is 0 Å². The zero-order chi connectivity index (χ0) is 21.5. The molecule has 9 heteroatoms. The number of aliphatic imine (C=N–C) groups is 1. The van der Waals surface area contributed by atoms with Gasteiger partial charge in [-0.05, 0) is 47.0 Å². The number of piperidine rings is 1. The van der Waals surface area contributed by atoms with Crippen LogP contribution in [0.25, 0.3) is 0 Å². The molecule has 0 aromatic heterocycles. The van der Waals surface area contributed by atoms with Crippen molar-refractivity contribution >= 4 is 21.7 Å². The molecule has 2 rings (SSSR count). The minimum atomic E-state index is -3.18. The number of likely N-dealkylation sites (tertiary alicyclic amines) is 1. The van der Waals surface area contributed by atoms with E-state index in [1.807, 2.05) is 11.8 Å². The van der Waals surface area contributed by atoms with Crippen molar-refractivity contribution in [2.75, 3.05) is 64.7 Å². The third kappa shape index (κ3) is 7.13. The van der Waals surface area contributed by atoms with Crippen molar-refractivity contribution in [3.63, 3.8) is 0 Å². The average Bonchev–Trinajstić information content (AvgIpc) is 2.67. The highest BCUT2D eigenvalue weighted by molar-refractivity contribution is 7.92. The monoisotopic (exact) mass is 429 g/mol. The van der Waals surface area contributed by atoms with E-state index in [1.54, 1.807) is 20.8 Å². The summed E-state index contributed by atoms with van der Waals surface area (Å²) in [5.41, 5.74) is 0. The van der Waals surface area contributed by atoms with E-state index in [9.17, 15) is 13.2 Å². The number of amides is 1. The molecule has 2 fully saturated rings. The minimum absolute atomic E-state index is 0.0513. The van der Waals surface area contributed by atoms with E-state index in [-0.39, 0.29) is 18.2 Å². The molecule has 0 unspecified atom stereocenters. The molecule has 168 valence electrons. The van der Waals surface area contributed by atoms with Crippen LogP contribution in [0, 0.1) is 0 Å². The Morgan fingerprint density at radius 2 is 1.59 bits per heavy atom. The smallest absolute Gasteiger partial charge is 0.236 e. The second-order valence-corrected chi connectivity index (χ2v) is 11.7. The van der Waals surface area contributed by atoms with Crippen molar-refractivity contribution in [1.29, 1.82) is 0 Å². The van der Waals surface area contributed by atoms with Crippen LogP contribution in [0.1, 0.15) is 47.0 Å². The first-order valence-corrected chi connectivity index (χ1v) is 12.5. The van der Waals surface area contributed by atoms with Crippen LogP contribution in [0.5, 0.6) is 0 Å². The fourth-order valence-corrected chi connectivity index (χ4v) is 4.50. The fraction of sp³-hybridized carbons (Fsp3) is 0.900. The number of carbonyl (C=O) groups excluding carboxylic acids is 1. The molecule has 0 aliphatic carbocycles. The molecule has 1 amide bonds. The van der Waals surface area contributed by atoms with E-state index in [2.05, 4.69) is 20.1 Å². The van der Waals surface area contributed by atoms with E-state index >= 15 is 0 Å². The van der Waals surface area contributed by atoms with Crippen molar-refractivity contribution < 1.29 is 13.2 Å². The average molecular weight is 430 g/mol. The molecule has 0 atom stereocenters. The van der Waals surface area contributed by atoms with Gasteiger partial charge in [0.25, 0.3) is 0 Å². The maximum atomic E-state index is 12.5. The largest absolute Gasteiger partial charge is 0.357 e. The second kappa shape index (κ2) is 10.6. The van der Waals surface area contributed by atoms with E-state index in [0.717, 1.165) is 64.6 Å². The Morgan fingerprint density at radius 3 is 2.14 bits per heavy atom. The predicted octanol–water partition coefficient (Wildman–Crippen LogP) is 0.795. The molecule has 0 aromatic rings. The number of hydrogen-bond acceptors (Lipinski definition) is 5. The van der Waals surface area contributed by atoms with Gasteiger partial charge in [0, 0.05) is 45.8 Å².